The number of Topliss-reactive ketones (excluding diaryl/α,β-unsaturated/α-hetero) is 1. The molecule has 0 aliphatic carbocycles. The maximum atomic E-state index is 12.9. The van der Waals surface area contributed by atoms with E-state index in [0.29, 0.717) is 50.4 Å². The van der Waals surface area contributed by atoms with E-state index in [9.17, 15) is 15.0 Å². The topological polar surface area (TPSA) is 125 Å². The predicted octanol–water partition coefficient (Wildman–Crippen LogP) is 6.40. The van der Waals surface area contributed by atoms with Gasteiger partial charge in [0.05, 0.1) is 31.1 Å². The van der Waals surface area contributed by atoms with E-state index >= 15 is 0 Å². The molecule has 0 radical (unpaired) electrons. The normalized spacial score (nSPS) is 15.3. The molecule has 4 atom stereocenters. The van der Waals surface area contributed by atoms with Crippen molar-refractivity contribution in [3.8, 4) is 0 Å². The number of aliphatic hydroxyl groups is 2. The fourth-order valence-corrected chi connectivity index (χ4v) is 4.66. The first-order chi connectivity index (χ1) is 20.8. The first kappa shape index (κ1) is 40.6. The van der Waals surface area contributed by atoms with Crippen LogP contribution in [-0.2, 0) is 36.7 Å². The summed E-state index contributed by atoms with van der Waals surface area (Å²) in [5, 5.41) is 29.5. The van der Waals surface area contributed by atoms with Gasteiger partial charge in [0.15, 0.2) is 18.4 Å². The SMILES string of the molecule is CCCCCCCCCC(O)OCC(Cn1cc(CCC(=O)C(C)(C)OCCC(C)(C)OC)nn1)OC(O)CCC(C)CC. The molecule has 1 heterocycles. The largest absolute Gasteiger partial charge is 0.379 e. The Bertz CT molecular complexity index is 877. The highest BCUT2D eigenvalue weighted by atomic mass is 16.6. The van der Waals surface area contributed by atoms with Crippen molar-refractivity contribution in [1.29, 1.82) is 0 Å². The molecule has 10 nitrogen and oxygen atoms in total. The minimum Gasteiger partial charge on any atom is -0.379 e. The molecular formula is C34H65N3O7. The van der Waals surface area contributed by atoms with Crippen molar-refractivity contribution < 1.29 is 34.0 Å². The highest BCUT2D eigenvalue weighted by Crippen LogP contribution is 2.19. The van der Waals surface area contributed by atoms with Gasteiger partial charge in [-0.05, 0) is 65.7 Å². The number of aliphatic hydroxyl groups excluding tert-OH is 2. The van der Waals surface area contributed by atoms with Crippen LogP contribution in [0.4, 0.5) is 0 Å². The summed E-state index contributed by atoms with van der Waals surface area (Å²) in [5.74, 6) is 0.496. The molecule has 0 saturated heterocycles. The molecule has 0 aromatic carbocycles. The minimum atomic E-state index is -0.935. The van der Waals surface area contributed by atoms with Gasteiger partial charge in [0, 0.05) is 26.1 Å². The Morgan fingerprint density at radius 1 is 0.977 bits per heavy atom. The molecule has 44 heavy (non-hydrogen) atoms. The molecule has 258 valence electrons. The van der Waals surface area contributed by atoms with E-state index in [1.807, 2.05) is 13.8 Å². The Kier molecular flexibility index (Phi) is 20.4. The number of carbonyl (C=O) groups is 1. The van der Waals surface area contributed by atoms with Crippen molar-refractivity contribution in [2.75, 3.05) is 20.3 Å². The van der Waals surface area contributed by atoms with Gasteiger partial charge in [0.25, 0.3) is 0 Å². The zero-order chi connectivity index (χ0) is 33.0. The Morgan fingerprint density at radius 3 is 2.32 bits per heavy atom. The second-order valence-corrected chi connectivity index (χ2v) is 13.4. The Morgan fingerprint density at radius 2 is 1.66 bits per heavy atom. The maximum Gasteiger partial charge on any atom is 0.164 e. The van der Waals surface area contributed by atoms with Crippen LogP contribution in [0, 0.1) is 5.92 Å². The molecule has 4 unspecified atom stereocenters. The number of hydrogen-bond acceptors (Lipinski definition) is 9. The van der Waals surface area contributed by atoms with Crippen LogP contribution in [-0.4, -0.2) is 81.2 Å². The zero-order valence-electron chi connectivity index (χ0n) is 29.2. The first-order valence-electron chi connectivity index (χ1n) is 17.1. The molecule has 0 bridgehead atoms. The van der Waals surface area contributed by atoms with E-state index < -0.39 is 24.3 Å². The predicted molar refractivity (Wildman–Crippen MR) is 173 cm³/mol. The van der Waals surface area contributed by atoms with Gasteiger partial charge in [0.2, 0.25) is 0 Å². The van der Waals surface area contributed by atoms with Crippen LogP contribution in [0.25, 0.3) is 0 Å². The van der Waals surface area contributed by atoms with Gasteiger partial charge in [0.1, 0.15) is 11.7 Å². The number of aromatic nitrogens is 3. The standard InChI is InChI=1S/C34H65N3O7/c1-9-11-12-13-14-15-16-17-31(39)42-26-29(44-32(40)21-18-27(3)10-2)25-37-24-28(35-36-37)19-20-30(38)34(6,7)43-23-22-33(4,5)41-8/h24,27,29,31-32,39-40H,9-23,25-26H2,1-8H3. The van der Waals surface area contributed by atoms with E-state index in [1.54, 1.807) is 31.8 Å². The fraction of sp³-hybridized carbons (Fsp3) is 0.912. The average molecular weight is 628 g/mol. The molecule has 2 N–H and O–H groups in total. The molecule has 0 saturated carbocycles. The van der Waals surface area contributed by atoms with E-state index in [1.165, 1.54) is 32.1 Å². The average Bonchev–Trinajstić information content (AvgIpc) is 3.43. The first-order valence-corrected chi connectivity index (χ1v) is 17.1. The molecule has 0 aliphatic rings. The smallest absolute Gasteiger partial charge is 0.164 e. The summed E-state index contributed by atoms with van der Waals surface area (Å²) < 4.78 is 24.7. The summed E-state index contributed by atoms with van der Waals surface area (Å²) in [5.41, 5.74) is -0.525. The highest BCUT2D eigenvalue weighted by molar-refractivity contribution is 5.86. The van der Waals surface area contributed by atoms with Crippen LogP contribution in [0.15, 0.2) is 6.20 Å². The summed E-state index contributed by atoms with van der Waals surface area (Å²) >= 11 is 0. The highest BCUT2D eigenvalue weighted by Gasteiger charge is 2.29. The van der Waals surface area contributed by atoms with E-state index in [4.69, 9.17) is 18.9 Å². The molecule has 0 spiro atoms. The van der Waals surface area contributed by atoms with Crippen LogP contribution in [0.3, 0.4) is 0 Å². The number of ketones is 1. The maximum absolute atomic E-state index is 12.9. The third-order valence-corrected chi connectivity index (χ3v) is 8.46. The van der Waals surface area contributed by atoms with Crippen molar-refractivity contribution in [2.45, 2.75) is 175 Å². The third-order valence-electron chi connectivity index (χ3n) is 8.46. The van der Waals surface area contributed by atoms with Crippen molar-refractivity contribution in [3.05, 3.63) is 11.9 Å². The summed E-state index contributed by atoms with van der Waals surface area (Å²) in [6.45, 7) is 14.9. The lowest BCUT2D eigenvalue weighted by Gasteiger charge is -2.27. The van der Waals surface area contributed by atoms with Crippen LogP contribution in [0.5, 0.6) is 0 Å². The van der Waals surface area contributed by atoms with Crippen LogP contribution in [0.1, 0.15) is 138 Å². The van der Waals surface area contributed by atoms with Gasteiger partial charge >= 0.3 is 0 Å². The van der Waals surface area contributed by atoms with E-state index in [-0.39, 0.29) is 24.4 Å². The van der Waals surface area contributed by atoms with Gasteiger partial charge in [-0.2, -0.15) is 0 Å². The molecule has 10 heteroatoms. The number of carbonyl (C=O) groups excluding carboxylic acids is 1. The monoisotopic (exact) mass is 627 g/mol. The number of ether oxygens (including phenoxy) is 4. The number of methoxy groups -OCH3 is 1. The third kappa shape index (κ3) is 18.5. The lowest BCUT2D eigenvalue weighted by atomic mass is 9.98. The van der Waals surface area contributed by atoms with Crippen molar-refractivity contribution >= 4 is 5.78 Å². The summed E-state index contributed by atoms with van der Waals surface area (Å²) in [7, 11) is 1.67. The molecule has 1 aromatic heterocycles. The molecular weight excluding hydrogens is 562 g/mol. The fourth-order valence-electron chi connectivity index (χ4n) is 4.66. The number of hydrogen-bond donors (Lipinski definition) is 2. The Balaban J connectivity index is 2.64. The van der Waals surface area contributed by atoms with Gasteiger partial charge in [-0.3, -0.25) is 4.79 Å². The lowest BCUT2D eigenvalue weighted by molar-refractivity contribution is -0.188. The number of rotatable bonds is 28. The lowest BCUT2D eigenvalue weighted by Crippen LogP contribution is -2.37. The minimum absolute atomic E-state index is 0.00346. The second kappa shape index (κ2) is 22.2. The van der Waals surface area contributed by atoms with Gasteiger partial charge < -0.3 is 29.2 Å². The summed E-state index contributed by atoms with van der Waals surface area (Å²) in [6.07, 6.45) is 12.1. The quantitative estimate of drug-likeness (QED) is 0.0802. The van der Waals surface area contributed by atoms with Gasteiger partial charge in [-0.1, -0.05) is 70.9 Å². The molecule has 1 aromatic rings. The van der Waals surface area contributed by atoms with E-state index in [2.05, 4.69) is 31.1 Å². The van der Waals surface area contributed by atoms with Gasteiger partial charge in [-0.15, -0.1) is 5.10 Å². The van der Waals surface area contributed by atoms with Crippen molar-refractivity contribution in [1.82, 2.24) is 15.0 Å². The molecule has 1 rings (SSSR count). The second-order valence-electron chi connectivity index (χ2n) is 13.4. The Hall–Kier alpha value is -1.43. The molecule has 0 amide bonds. The van der Waals surface area contributed by atoms with E-state index in [0.717, 1.165) is 25.7 Å². The zero-order valence-corrected chi connectivity index (χ0v) is 29.2. The summed E-state index contributed by atoms with van der Waals surface area (Å²) in [6, 6.07) is 0. The Labute approximate surface area is 267 Å². The van der Waals surface area contributed by atoms with Crippen molar-refractivity contribution in [3.63, 3.8) is 0 Å². The van der Waals surface area contributed by atoms with Gasteiger partial charge in [-0.25, -0.2) is 4.68 Å². The number of unbranched alkanes of at least 4 members (excludes halogenated alkanes) is 6. The van der Waals surface area contributed by atoms with Crippen molar-refractivity contribution in [2.24, 2.45) is 5.92 Å². The van der Waals surface area contributed by atoms with Crippen LogP contribution >= 0.6 is 0 Å². The summed E-state index contributed by atoms with van der Waals surface area (Å²) in [4.78, 5) is 12.9. The van der Waals surface area contributed by atoms with Crippen LogP contribution in [0.2, 0.25) is 0 Å². The molecule has 0 fully saturated rings. The number of nitrogens with zero attached hydrogens (tertiary/aromatic N) is 3. The van der Waals surface area contributed by atoms with Crippen LogP contribution < -0.4 is 0 Å². The number of aryl methyl sites for hydroxylation is 1. The molecule has 0 aliphatic heterocycles.